The molecule has 1 atom stereocenters. The zero-order valence-corrected chi connectivity index (χ0v) is 24.2. The normalized spacial score (nSPS) is 17.6. The molecule has 11 nitrogen and oxygen atoms in total. The number of nitriles is 1. The molecule has 0 aliphatic heterocycles. The Morgan fingerprint density at radius 2 is 1.84 bits per heavy atom. The van der Waals surface area contributed by atoms with Crippen molar-refractivity contribution in [3.8, 4) is 28.6 Å². The molecule has 1 unspecified atom stereocenters. The van der Waals surface area contributed by atoms with E-state index in [0.29, 0.717) is 24.4 Å². The fourth-order valence-electron chi connectivity index (χ4n) is 6.13. The van der Waals surface area contributed by atoms with Crippen LogP contribution < -0.4 is 11.3 Å². The van der Waals surface area contributed by atoms with Gasteiger partial charge in [0.15, 0.2) is 5.82 Å². The van der Waals surface area contributed by atoms with Crippen LogP contribution in [-0.2, 0) is 17.6 Å². The van der Waals surface area contributed by atoms with Gasteiger partial charge >= 0.3 is 5.76 Å². The second kappa shape index (κ2) is 12.2. The van der Waals surface area contributed by atoms with Crippen molar-refractivity contribution in [1.29, 1.82) is 5.26 Å². The number of fused-ring (bicyclic) bond motifs is 1. The number of hydrogen-bond donors (Lipinski definition) is 1. The number of hydrogen-bond acceptors (Lipinski definition) is 8. The standard InChI is InChI=1S/C32H33N7O4/c1-3-6-28-27(17-21-9-11-22(12-10-21)25-7-4-5-8-26(25)29-36-32(41)43-37-29)30(40)38(31-34-19-35-39(28)31)23-13-15-24(16-14-23)42-20(2)18-33/h4-5,7-12,19-20,23-24H,3,6,13-17H2,1-2H3,(H,36,37,41). The Bertz CT molecular complexity index is 1890. The van der Waals surface area contributed by atoms with Crippen molar-refractivity contribution < 1.29 is 9.26 Å². The van der Waals surface area contributed by atoms with Gasteiger partial charge in [-0.3, -0.25) is 18.9 Å². The molecule has 1 saturated carbocycles. The number of H-pyrrole nitrogens is 1. The highest BCUT2D eigenvalue weighted by molar-refractivity contribution is 5.80. The molecule has 5 aromatic rings. The van der Waals surface area contributed by atoms with Gasteiger partial charge in [0, 0.05) is 23.6 Å². The fourth-order valence-corrected chi connectivity index (χ4v) is 6.13. The van der Waals surface area contributed by atoms with Crippen LogP contribution in [0.2, 0.25) is 0 Å². The topological polar surface area (TPSA) is 144 Å². The van der Waals surface area contributed by atoms with Crippen LogP contribution in [0.15, 0.2) is 69.0 Å². The molecule has 1 aliphatic carbocycles. The van der Waals surface area contributed by atoms with Crippen LogP contribution in [0.4, 0.5) is 0 Å². The van der Waals surface area contributed by atoms with Gasteiger partial charge < -0.3 is 4.74 Å². The Morgan fingerprint density at radius 1 is 1.09 bits per heavy atom. The highest BCUT2D eigenvalue weighted by atomic mass is 16.5. The number of ether oxygens (including phenoxy) is 1. The maximum atomic E-state index is 14.2. The van der Waals surface area contributed by atoms with Gasteiger partial charge in [-0.05, 0) is 55.7 Å². The first-order valence-corrected chi connectivity index (χ1v) is 14.7. The summed E-state index contributed by atoms with van der Waals surface area (Å²) >= 11 is 0. The van der Waals surface area contributed by atoms with Gasteiger partial charge in [0.2, 0.25) is 5.78 Å². The predicted molar refractivity (Wildman–Crippen MR) is 159 cm³/mol. The van der Waals surface area contributed by atoms with Crippen LogP contribution in [-0.4, -0.2) is 41.5 Å². The molecule has 3 aromatic heterocycles. The monoisotopic (exact) mass is 579 g/mol. The van der Waals surface area contributed by atoms with E-state index in [2.05, 4.69) is 33.2 Å². The molecule has 1 fully saturated rings. The van der Waals surface area contributed by atoms with Gasteiger partial charge in [0.1, 0.15) is 12.4 Å². The third kappa shape index (κ3) is 5.66. The van der Waals surface area contributed by atoms with Crippen molar-refractivity contribution in [1.82, 2.24) is 29.3 Å². The lowest BCUT2D eigenvalue weighted by Crippen LogP contribution is -2.35. The molecule has 0 saturated heterocycles. The quantitative estimate of drug-likeness (QED) is 0.261. The molecule has 0 radical (unpaired) electrons. The van der Waals surface area contributed by atoms with E-state index in [1.54, 1.807) is 6.92 Å². The van der Waals surface area contributed by atoms with Gasteiger partial charge in [-0.2, -0.15) is 15.3 Å². The minimum Gasteiger partial charge on any atom is -0.360 e. The van der Waals surface area contributed by atoms with Crippen LogP contribution in [0.25, 0.3) is 28.3 Å². The van der Waals surface area contributed by atoms with Crippen molar-refractivity contribution in [2.24, 2.45) is 0 Å². The number of aromatic nitrogens is 6. The summed E-state index contributed by atoms with van der Waals surface area (Å²) in [4.78, 5) is 32.9. The molecule has 2 aromatic carbocycles. The van der Waals surface area contributed by atoms with Gasteiger partial charge in [-0.25, -0.2) is 9.31 Å². The van der Waals surface area contributed by atoms with Gasteiger partial charge in [-0.1, -0.05) is 67.0 Å². The lowest BCUT2D eigenvalue weighted by molar-refractivity contribution is -0.00299. The summed E-state index contributed by atoms with van der Waals surface area (Å²) in [6.45, 7) is 3.86. The van der Waals surface area contributed by atoms with E-state index in [1.807, 2.05) is 57.6 Å². The minimum absolute atomic E-state index is 0.0162. The molecule has 220 valence electrons. The Kier molecular flexibility index (Phi) is 8.03. The molecule has 43 heavy (non-hydrogen) atoms. The largest absolute Gasteiger partial charge is 0.439 e. The first-order chi connectivity index (χ1) is 21.0. The Balaban J connectivity index is 1.32. The van der Waals surface area contributed by atoms with E-state index in [0.717, 1.165) is 65.6 Å². The number of aromatic amines is 1. The average molecular weight is 580 g/mol. The van der Waals surface area contributed by atoms with Crippen molar-refractivity contribution in [2.75, 3.05) is 0 Å². The predicted octanol–water partition coefficient (Wildman–Crippen LogP) is 4.86. The SMILES string of the molecule is CCCc1c(Cc2ccc(-c3ccccc3-c3noc(=O)[nH]3)cc2)c(=O)n(C2CCC(OC(C)C#N)CC2)c2ncnn12. The zero-order valence-electron chi connectivity index (χ0n) is 24.2. The summed E-state index contributed by atoms with van der Waals surface area (Å²) in [5.41, 5.74) is 5.20. The number of aryl methyl sites for hydroxylation is 1. The van der Waals surface area contributed by atoms with E-state index < -0.39 is 11.9 Å². The Labute approximate surface area is 247 Å². The lowest BCUT2D eigenvalue weighted by atomic mass is 9.92. The van der Waals surface area contributed by atoms with Crippen molar-refractivity contribution >= 4 is 5.78 Å². The second-order valence-electron chi connectivity index (χ2n) is 11.0. The molecule has 1 aliphatic rings. The number of nitrogens with zero attached hydrogens (tertiary/aromatic N) is 6. The fraction of sp³-hybridized carbons (Fsp3) is 0.375. The zero-order chi connectivity index (χ0) is 29.9. The van der Waals surface area contributed by atoms with Crippen LogP contribution >= 0.6 is 0 Å². The smallest absolute Gasteiger partial charge is 0.360 e. The van der Waals surface area contributed by atoms with Crippen LogP contribution in [0, 0.1) is 11.3 Å². The van der Waals surface area contributed by atoms with Crippen molar-refractivity contribution in [3.63, 3.8) is 0 Å². The molecule has 11 heteroatoms. The van der Waals surface area contributed by atoms with E-state index in [4.69, 9.17) is 14.5 Å². The Hall–Kier alpha value is -4.82. The van der Waals surface area contributed by atoms with E-state index in [1.165, 1.54) is 6.33 Å². The third-order valence-electron chi connectivity index (χ3n) is 8.17. The maximum absolute atomic E-state index is 14.2. The first kappa shape index (κ1) is 28.3. The summed E-state index contributed by atoms with van der Waals surface area (Å²) in [5.74, 6) is 0.341. The van der Waals surface area contributed by atoms with Gasteiger partial charge in [0.05, 0.1) is 17.9 Å². The van der Waals surface area contributed by atoms with Crippen LogP contribution in [0.5, 0.6) is 0 Å². The summed E-state index contributed by atoms with van der Waals surface area (Å²) in [5, 5.41) is 17.5. The van der Waals surface area contributed by atoms with Crippen molar-refractivity contribution in [3.05, 3.63) is 92.6 Å². The molecule has 6 rings (SSSR count). The number of nitrogens with one attached hydrogen (secondary N) is 1. The molecule has 0 bridgehead atoms. The molecule has 0 amide bonds. The lowest BCUT2D eigenvalue weighted by Gasteiger charge is -2.31. The van der Waals surface area contributed by atoms with E-state index in [-0.39, 0.29) is 17.7 Å². The molecule has 0 spiro atoms. The second-order valence-corrected chi connectivity index (χ2v) is 11.0. The van der Waals surface area contributed by atoms with Gasteiger partial charge in [-0.15, -0.1) is 0 Å². The van der Waals surface area contributed by atoms with Crippen molar-refractivity contribution in [2.45, 2.75) is 77.0 Å². The minimum atomic E-state index is -0.604. The Morgan fingerprint density at radius 3 is 2.51 bits per heavy atom. The molecule has 1 N–H and O–H groups in total. The van der Waals surface area contributed by atoms with E-state index in [9.17, 15) is 9.59 Å². The summed E-state index contributed by atoms with van der Waals surface area (Å²) in [7, 11) is 0. The highest BCUT2D eigenvalue weighted by Crippen LogP contribution is 2.32. The number of benzene rings is 2. The molecular formula is C32H33N7O4. The average Bonchev–Trinajstić information content (AvgIpc) is 3.69. The highest BCUT2D eigenvalue weighted by Gasteiger charge is 2.29. The first-order valence-electron chi connectivity index (χ1n) is 14.7. The third-order valence-corrected chi connectivity index (χ3v) is 8.17. The van der Waals surface area contributed by atoms with Crippen LogP contribution in [0.1, 0.15) is 68.8 Å². The summed E-state index contributed by atoms with van der Waals surface area (Å²) in [6.07, 6.45) is 6.21. The summed E-state index contributed by atoms with van der Waals surface area (Å²) in [6, 6.07) is 17.9. The van der Waals surface area contributed by atoms with Crippen LogP contribution in [0.3, 0.4) is 0 Å². The molecular weight excluding hydrogens is 546 g/mol. The van der Waals surface area contributed by atoms with Gasteiger partial charge in [0.25, 0.3) is 5.56 Å². The number of rotatable bonds is 9. The maximum Gasteiger partial charge on any atom is 0.439 e. The molecule has 3 heterocycles. The summed E-state index contributed by atoms with van der Waals surface area (Å²) < 4.78 is 14.2. The van der Waals surface area contributed by atoms with E-state index >= 15 is 0 Å².